The van der Waals surface area contributed by atoms with Gasteiger partial charge in [-0.2, -0.15) is 0 Å². The molecule has 5 nitrogen and oxygen atoms in total. The van der Waals surface area contributed by atoms with Gasteiger partial charge in [0.1, 0.15) is 5.82 Å². The third kappa shape index (κ3) is 2.63. The molecule has 2 heterocycles. The number of hydrogen-bond donors (Lipinski definition) is 2. The average Bonchev–Trinajstić information content (AvgIpc) is 2.70. The van der Waals surface area contributed by atoms with Crippen molar-refractivity contribution in [3.8, 4) is 0 Å². The molecule has 0 aromatic heterocycles. The van der Waals surface area contributed by atoms with Crippen LogP contribution < -0.4 is 10.6 Å². The number of halogens is 1. The van der Waals surface area contributed by atoms with E-state index < -0.39 is 15.7 Å². The molecular formula is C13H15FN2O3S. The molecule has 1 aromatic rings. The smallest absolute Gasteiger partial charge is 0.224 e. The number of hydrogen-bond acceptors (Lipinski definition) is 4. The average molecular weight is 298 g/mol. The molecule has 2 aliphatic heterocycles. The predicted octanol–water partition coefficient (Wildman–Crippen LogP) is 1.31. The molecular weight excluding hydrogens is 283 g/mol. The van der Waals surface area contributed by atoms with Gasteiger partial charge in [0.2, 0.25) is 5.91 Å². The molecule has 20 heavy (non-hydrogen) atoms. The summed E-state index contributed by atoms with van der Waals surface area (Å²) in [6, 6.07) is 2.68. The van der Waals surface area contributed by atoms with E-state index in [1.165, 1.54) is 6.07 Å². The van der Waals surface area contributed by atoms with Crippen molar-refractivity contribution in [2.24, 2.45) is 0 Å². The van der Waals surface area contributed by atoms with E-state index in [4.69, 9.17) is 0 Å². The highest BCUT2D eigenvalue weighted by Crippen LogP contribution is 2.30. The number of fused-ring (bicyclic) bond motifs is 1. The van der Waals surface area contributed by atoms with Gasteiger partial charge in [-0.25, -0.2) is 12.8 Å². The van der Waals surface area contributed by atoms with Crippen LogP contribution in [0.3, 0.4) is 0 Å². The Kier molecular flexibility index (Phi) is 3.16. The van der Waals surface area contributed by atoms with Crippen LogP contribution in [0.4, 0.5) is 15.8 Å². The van der Waals surface area contributed by atoms with E-state index in [0.717, 1.165) is 5.56 Å². The second-order valence-electron chi connectivity index (χ2n) is 5.28. The minimum absolute atomic E-state index is 0.0237. The largest absolute Gasteiger partial charge is 0.379 e. The molecule has 1 saturated heterocycles. The second kappa shape index (κ2) is 4.73. The Morgan fingerprint density at radius 3 is 2.80 bits per heavy atom. The molecule has 1 unspecified atom stereocenters. The SMILES string of the molecule is O=C1CCc2cc(F)c(NC3CCS(=O)(=O)C3)cc2N1. The summed E-state index contributed by atoms with van der Waals surface area (Å²) in [6.07, 6.45) is 1.36. The Balaban J connectivity index is 1.83. The van der Waals surface area contributed by atoms with Crippen LogP contribution in [-0.2, 0) is 21.1 Å². The number of rotatable bonds is 2. The summed E-state index contributed by atoms with van der Waals surface area (Å²) < 4.78 is 36.8. The van der Waals surface area contributed by atoms with Crippen molar-refractivity contribution in [2.75, 3.05) is 22.1 Å². The Morgan fingerprint density at radius 1 is 1.30 bits per heavy atom. The number of carbonyl (C=O) groups is 1. The van der Waals surface area contributed by atoms with Crippen molar-refractivity contribution >= 4 is 27.1 Å². The van der Waals surface area contributed by atoms with E-state index in [2.05, 4.69) is 10.6 Å². The molecule has 1 amide bonds. The Hall–Kier alpha value is -1.63. The highest BCUT2D eigenvalue weighted by atomic mass is 32.2. The third-order valence-corrected chi connectivity index (χ3v) is 5.45. The van der Waals surface area contributed by atoms with Crippen LogP contribution in [0.25, 0.3) is 0 Å². The summed E-state index contributed by atoms with van der Waals surface area (Å²) in [5.41, 5.74) is 1.62. The topological polar surface area (TPSA) is 75.3 Å². The van der Waals surface area contributed by atoms with Crippen LogP contribution in [0.1, 0.15) is 18.4 Å². The van der Waals surface area contributed by atoms with Crippen molar-refractivity contribution in [1.82, 2.24) is 0 Å². The molecule has 2 aliphatic rings. The zero-order valence-electron chi connectivity index (χ0n) is 10.8. The van der Waals surface area contributed by atoms with Crippen LogP contribution in [0.2, 0.25) is 0 Å². The van der Waals surface area contributed by atoms with Gasteiger partial charge >= 0.3 is 0 Å². The molecule has 1 atom stereocenters. The molecule has 0 aliphatic carbocycles. The third-order valence-electron chi connectivity index (χ3n) is 3.68. The molecule has 0 saturated carbocycles. The molecule has 0 radical (unpaired) electrons. The standard InChI is InChI=1S/C13H15FN2O3S/c14-10-5-8-1-2-13(17)16-11(8)6-12(10)15-9-3-4-20(18,19)7-9/h5-6,9,15H,1-4,7H2,(H,16,17). The van der Waals surface area contributed by atoms with E-state index in [1.807, 2.05) is 0 Å². The summed E-state index contributed by atoms with van der Waals surface area (Å²) >= 11 is 0. The molecule has 3 rings (SSSR count). The molecule has 0 spiro atoms. The van der Waals surface area contributed by atoms with E-state index >= 15 is 0 Å². The number of nitrogens with one attached hydrogen (secondary N) is 2. The number of sulfone groups is 1. The second-order valence-corrected chi connectivity index (χ2v) is 7.51. The Morgan fingerprint density at radius 2 is 2.10 bits per heavy atom. The number of aryl methyl sites for hydroxylation is 1. The normalized spacial score (nSPS) is 24.1. The maximum Gasteiger partial charge on any atom is 0.224 e. The first-order valence-corrected chi connectivity index (χ1v) is 8.34. The minimum atomic E-state index is -3.01. The number of benzene rings is 1. The van der Waals surface area contributed by atoms with Crippen molar-refractivity contribution in [1.29, 1.82) is 0 Å². The van der Waals surface area contributed by atoms with Gasteiger partial charge in [0.15, 0.2) is 9.84 Å². The molecule has 7 heteroatoms. The Labute approximate surface area is 116 Å². The first-order valence-electron chi connectivity index (χ1n) is 6.52. The lowest BCUT2D eigenvalue weighted by atomic mass is 10.0. The van der Waals surface area contributed by atoms with Gasteiger partial charge in [0.05, 0.1) is 17.2 Å². The van der Waals surface area contributed by atoms with E-state index in [-0.39, 0.29) is 29.1 Å². The zero-order chi connectivity index (χ0) is 14.3. The van der Waals surface area contributed by atoms with Gasteiger partial charge in [-0.05, 0) is 30.5 Å². The fourth-order valence-electron chi connectivity index (χ4n) is 2.64. The highest BCUT2D eigenvalue weighted by Gasteiger charge is 2.28. The van der Waals surface area contributed by atoms with Crippen LogP contribution in [0.15, 0.2) is 12.1 Å². The molecule has 0 bridgehead atoms. The number of amides is 1. The minimum Gasteiger partial charge on any atom is -0.379 e. The monoisotopic (exact) mass is 298 g/mol. The predicted molar refractivity (Wildman–Crippen MR) is 74.0 cm³/mol. The first-order chi connectivity index (χ1) is 9.43. The summed E-state index contributed by atoms with van der Waals surface area (Å²) in [4.78, 5) is 11.3. The van der Waals surface area contributed by atoms with Crippen molar-refractivity contribution in [2.45, 2.75) is 25.3 Å². The van der Waals surface area contributed by atoms with Crippen LogP contribution >= 0.6 is 0 Å². The first kappa shape index (κ1) is 13.4. The van der Waals surface area contributed by atoms with Crippen molar-refractivity contribution in [3.63, 3.8) is 0 Å². The van der Waals surface area contributed by atoms with Crippen molar-refractivity contribution < 1.29 is 17.6 Å². The maximum absolute atomic E-state index is 14.0. The Bertz CT molecular complexity index is 672. The van der Waals surface area contributed by atoms with Gasteiger partial charge in [0, 0.05) is 18.2 Å². The van der Waals surface area contributed by atoms with Gasteiger partial charge in [-0.3, -0.25) is 4.79 Å². The number of anilines is 2. The summed E-state index contributed by atoms with van der Waals surface area (Å²) in [6.45, 7) is 0. The van der Waals surface area contributed by atoms with Crippen LogP contribution in [0.5, 0.6) is 0 Å². The van der Waals surface area contributed by atoms with Gasteiger partial charge in [-0.1, -0.05) is 0 Å². The van der Waals surface area contributed by atoms with E-state index in [0.29, 0.717) is 24.9 Å². The molecule has 2 N–H and O–H groups in total. The fraction of sp³-hybridized carbons (Fsp3) is 0.462. The lowest BCUT2D eigenvalue weighted by molar-refractivity contribution is -0.116. The van der Waals surface area contributed by atoms with E-state index in [9.17, 15) is 17.6 Å². The maximum atomic E-state index is 14.0. The van der Waals surface area contributed by atoms with Gasteiger partial charge in [-0.15, -0.1) is 0 Å². The lowest BCUT2D eigenvalue weighted by Crippen LogP contribution is -2.23. The summed E-state index contributed by atoms with van der Waals surface area (Å²) in [5.74, 6) is -0.341. The summed E-state index contributed by atoms with van der Waals surface area (Å²) in [7, 11) is -3.01. The highest BCUT2D eigenvalue weighted by molar-refractivity contribution is 7.91. The zero-order valence-corrected chi connectivity index (χ0v) is 11.6. The fourth-order valence-corrected chi connectivity index (χ4v) is 4.31. The van der Waals surface area contributed by atoms with E-state index in [1.54, 1.807) is 6.07 Å². The van der Waals surface area contributed by atoms with Crippen LogP contribution in [-0.4, -0.2) is 31.9 Å². The molecule has 108 valence electrons. The molecule has 1 aromatic carbocycles. The number of carbonyl (C=O) groups excluding carboxylic acids is 1. The summed E-state index contributed by atoms with van der Waals surface area (Å²) in [5, 5.41) is 5.63. The van der Waals surface area contributed by atoms with Crippen molar-refractivity contribution in [3.05, 3.63) is 23.5 Å². The van der Waals surface area contributed by atoms with Gasteiger partial charge < -0.3 is 10.6 Å². The quantitative estimate of drug-likeness (QED) is 0.863. The lowest BCUT2D eigenvalue weighted by Gasteiger charge is -2.20. The molecule has 1 fully saturated rings. The van der Waals surface area contributed by atoms with Crippen LogP contribution in [0, 0.1) is 5.82 Å². The van der Waals surface area contributed by atoms with Gasteiger partial charge in [0.25, 0.3) is 0 Å².